The summed E-state index contributed by atoms with van der Waals surface area (Å²) >= 11 is 0. The molecule has 3 aromatic heterocycles. The average Bonchev–Trinajstić information content (AvgIpc) is 3.18. The van der Waals surface area contributed by atoms with Crippen LogP contribution < -0.4 is 5.56 Å². The van der Waals surface area contributed by atoms with Crippen LogP contribution >= 0.6 is 0 Å². The summed E-state index contributed by atoms with van der Waals surface area (Å²) in [6, 6.07) is 8.41. The molecule has 0 spiro atoms. The highest BCUT2D eigenvalue weighted by Crippen LogP contribution is 2.34. The van der Waals surface area contributed by atoms with Gasteiger partial charge in [0, 0.05) is 24.5 Å². The fourth-order valence-electron chi connectivity index (χ4n) is 3.91. The Hall–Kier alpha value is -3.59. The molecule has 1 aliphatic heterocycles. The number of rotatable bonds is 2. The van der Waals surface area contributed by atoms with Gasteiger partial charge < -0.3 is 14.6 Å². The molecular formula is C21H16F2N4O3. The van der Waals surface area contributed by atoms with Crippen LogP contribution in [-0.4, -0.2) is 39.1 Å². The van der Waals surface area contributed by atoms with Crippen LogP contribution in [0.3, 0.4) is 0 Å². The zero-order valence-electron chi connectivity index (χ0n) is 15.9. The zero-order valence-corrected chi connectivity index (χ0v) is 15.9. The van der Waals surface area contributed by atoms with Crippen LogP contribution in [0, 0.1) is 11.6 Å². The predicted octanol–water partition coefficient (Wildman–Crippen LogP) is 2.80. The number of halogens is 2. The Morgan fingerprint density at radius 2 is 2.00 bits per heavy atom. The molecule has 1 aliphatic rings. The standard InChI is InChI=1S/C21H16F2N4O3/c1-26(21(29)16-6-11-4-2-3-5-27(11)25-16)18-10-30-9-17-19(18)12-7-14(22)15(23)8-13(12)20(28)24-17/h2-8,18H,9-10H2,1H3,(H,24,28)/t18-/m0/s1. The van der Waals surface area contributed by atoms with Gasteiger partial charge in [0.25, 0.3) is 11.5 Å². The predicted molar refractivity (Wildman–Crippen MR) is 104 cm³/mol. The van der Waals surface area contributed by atoms with Gasteiger partial charge in [-0.25, -0.2) is 13.3 Å². The highest BCUT2D eigenvalue weighted by atomic mass is 19.2. The summed E-state index contributed by atoms with van der Waals surface area (Å²) in [5.74, 6) is -2.53. The number of aromatic amines is 1. The lowest BCUT2D eigenvalue weighted by Gasteiger charge is -2.33. The maximum Gasteiger partial charge on any atom is 0.274 e. The molecule has 9 heteroatoms. The number of ether oxygens (including phenoxy) is 1. The Kier molecular flexibility index (Phi) is 4.14. The molecule has 0 radical (unpaired) electrons. The molecule has 1 N–H and O–H groups in total. The van der Waals surface area contributed by atoms with E-state index in [1.54, 1.807) is 29.9 Å². The number of benzene rings is 1. The monoisotopic (exact) mass is 410 g/mol. The molecule has 30 heavy (non-hydrogen) atoms. The lowest BCUT2D eigenvalue weighted by atomic mass is 9.95. The molecule has 0 fully saturated rings. The van der Waals surface area contributed by atoms with Crippen molar-refractivity contribution in [2.45, 2.75) is 12.6 Å². The van der Waals surface area contributed by atoms with Crippen LogP contribution in [0.4, 0.5) is 8.78 Å². The van der Waals surface area contributed by atoms with E-state index in [0.717, 1.165) is 17.6 Å². The number of likely N-dealkylation sites (N-methyl/N-ethyl adjacent to an activating group) is 1. The quantitative estimate of drug-likeness (QED) is 0.551. The summed E-state index contributed by atoms with van der Waals surface area (Å²) in [5.41, 5.74) is 1.43. The summed E-state index contributed by atoms with van der Waals surface area (Å²) in [6.45, 7) is 0.245. The fraction of sp³-hybridized carbons (Fsp3) is 0.190. The summed E-state index contributed by atoms with van der Waals surface area (Å²) in [7, 11) is 1.59. The molecule has 4 heterocycles. The number of carbonyl (C=O) groups excluding carboxylic acids is 1. The van der Waals surface area contributed by atoms with Crippen molar-refractivity contribution >= 4 is 22.2 Å². The van der Waals surface area contributed by atoms with E-state index in [2.05, 4.69) is 10.1 Å². The fourth-order valence-corrected chi connectivity index (χ4v) is 3.91. The number of pyridine rings is 2. The molecular weight excluding hydrogens is 394 g/mol. The van der Waals surface area contributed by atoms with Crippen LogP contribution in [0.25, 0.3) is 16.3 Å². The second-order valence-corrected chi connectivity index (χ2v) is 7.20. The maximum atomic E-state index is 14.0. The number of nitrogens with zero attached hydrogens (tertiary/aromatic N) is 3. The number of carbonyl (C=O) groups is 1. The van der Waals surface area contributed by atoms with E-state index in [1.165, 1.54) is 4.90 Å². The summed E-state index contributed by atoms with van der Waals surface area (Å²) < 4.78 is 34.9. The molecule has 4 aromatic rings. The minimum absolute atomic E-state index is 0.0214. The van der Waals surface area contributed by atoms with Crippen molar-refractivity contribution < 1.29 is 18.3 Å². The number of hydrogen-bond acceptors (Lipinski definition) is 4. The smallest absolute Gasteiger partial charge is 0.274 e. The van der Waals surface area contributed by atoms with Crippen molar-refractivity contribution in [2.24, 2.45) is 0 Å². The van der Waals surface area contributed by atoms with Gasteiger partial charge in [-0.2, -0.15) is 5.10 Å². The van der Waals surface area contributed by atoms with Gasteiger partial charge in [-0.3, -0.25) is 9.59 Å². The van der Waals surface area contributed by atoms with Crippen molar-refractivity contribution in [3.8, 4) is 0 Å². The summed E-state index contributed by atoms with van der Waals surface area (Å²) in [5, 5.41) is 4.59. The molecule has 152 valence electrons. The third kappa shape index (κ3) is 2.78. The normalized spacial score (nSPS) is 16.0. The van der Waals surface area contributed by atoms with Gasteiger partial charge in [0.1, 0.15) is 0 Å². The van der Waals surface area contributed by atoms with Crippen molar-refractivity contribution in [2.75, 3.05) is 13.7 Å². The third-order valence-corrected chi connectivity index (χ3v) is 5.42. The first kappa shape index (κ1) is 18.4. The summed E-state index contributed by atoms with van der Waals surface area (Å²) in [4.78, 5) is 29.6. The van der Waals surface area contributed by atoms with Crippen LogP contribution in [0.15, 0.2) is 47.4 Å². The van der Waals surface area contributed by atoms with Crippen LogP contribution in [0.2, 0.25) is 0 Å². The molecule has 5 rings (SSSR count). The Morgan fingerprint density at radius 1 is 1.23 bits per heavy atom. The van der Waals surface area contributed by atoms with E-state index in [4.69, 9.17) is 4.74 Å². The van der Waals surface area contributed by atoms with Crippen molar-refractivity contribution in [1.82, 2.24) is 19.5 Å². The average molecular weight is 410 g/mol. The van der Waals surface area contributed by atoms with Gasteiger partial charge in [0.15, 0.2) is 17.3 Å². The summed E-state index contributed by atoms with van der Waals surface area (Å²) in [6.07, 6.45) is 1.74. The molecule has 1 aromatic carbocycles. The third-order valence-electron chi connectivity index (χ3n) is 5.42. The first-order valence-electron chi connectivity index (χ1n) is 9.27. The Morgan fingerprint density at radius 3 is 2.77 bits per heavy atom. The largest absolute Gasteiger partial charge is 0.373 e. The highest BCUT2D eigenvalue weighted by Gasteiger charge is 2.32. The van der Waals surface area contributed by atoms with Crippen molar-refractivity contribution in [3.63, 3.8) is 0 Å². The molecule has 0 saturated heterocycles. The topological polar surface area (TPSA) is 79.7 Å². The van der Waals surface area contributed by atoms with Crippen molar-refractivity contribution in [1.29, 1.82) is 0 Å². The lowest BCUT2D eigenvalue weighted by molar-refractivity contribution is 0.0332. The number of fused-ring (bicyclic) bond motifs is 4. The highest BCUT2D eigenvalue weighted by molar-refractivity contribution is 5.94. The van der Waals surface area contributed by atoms with Gasteiger partial charge in [0.2, 0.25) is 0 Å². The number of amides is 1. The molecule has 0 bridgehead atoms. The van der Waals surface area contributed by atoms with E-state index in [0.29, 0.717) is 11.3 Å². The van der Waals surface area contributed by atoms with Gasteiger partial charge in [-0.1, -0.05) is 6.07 Å². The Bertz CT molecular complexity index is 1350. The lowest BCUT2D eigenvalue weighted by Crippen LogP contribution is -2.37. The molecule has 7 nitrogen and oxygen atoms in total. The van der Waals surface area contributed by atoms with E-state index in [9.17, 15) is 18.4 Å². The maximum absolute atomic E-state index is 14.0. The van der Waals surface area contributed by atoms with Gasteiger partial charge in [-0.15, -0.1) is 0 Å². The SMILES string of the molecule is CN(C(=O)c1cc2ccccn2n1)[C@H]1COCc2[nH]c(=O)c3cc(F)c(F)cc3c21. The number of nitrogens with one attached hydrogen (secondary N) is 1. The van der Waals surface area contributed by atoms with Crippen molar-refractivity contribution in [3.05, 3.63) is 81.5 Å². The first-order valence-corrected chi connectivity index (χ1v) is 9.27. The van der Waals surface area contributed by atoms with Crippen LogP contribution in [0.5, 0.6) is 0 Å². The van der Waals surface area contributed by atoms with E-state index >= 15 is 0 Å². The van der Waals surface area contributed by atoms with E-state index < -0.39 is 23.2 Å². The first-order chi connectivity index (χ1) is 14.4. The number of hydrogen-bond donors (Lipinski definition) is 1. The minimum atomic E-state index is -1.11. The molecule has 1 amide bonds. The Balaban J connectivity index is 1.63. The second-order valence-electron chi connectivity index (χ2n) is 7.20. The van der Waals surface area contributed by atoms with E-state index in [1.807, 2.05) is 12.1 Å². The molecule has 0 saturated carbocycles. The van der Waals surface area contributed by atoms with E-state index in [-0.39, 0.29) is 35.6 Å². The molecule has 0 aliphatic carbocycles. The zero-order chi connectivity index (χ0) is 21.0. The number of H-pyrrole nitrogens is 1. The van der Waals surface area contributed by atoms with Gasteiger partial charge >= 0.3 is 0 Å². The van der Waals surface area contributed by atoms with Gasteiger partial charge in [0.05, 0.1) is 30.2 Å². The Labute approximate surface area is 168 Å². The minimum Gasteiger partial charge on any atom is -0.373 e. The molecule has 1 atom stereocenters. The van der Waals surface area contributed by atoms with Crippen LogP contribution in [0.1, 0.15) is 27.8 Å². The second kappa shape index (κ2) is 6.74. The van der Waals surface area contributed by atoms with Gasteiger partial charge in [-0.05, 0) is 35.7 Å². The number of aromatic nitrogens is 3. The van der Waals surface area contributed by atoms with Crippen LogP contribution in [-0.2, 0) is 11.3 Å². The molecule has 0 unspecified atom stereocenters.